The molecule has 1 saturated heterocycles. The summed E-state index contributed by atoms with van der Waals surface area (Å²) in [5, 5.41) is 0. The van der Waals surface area contributed by atoms with Crippen LogP contribution in [0.2, 0.25) is 0 Å². The Bertz CT molecular complexity index is 369. The Morgan fingerprint density at radius 2 is 2.19 bits per heavy atom. The molecule has 0 unspecified atom stereocenters. The number of allylic oxidation sites excluding steroid dienone is 1. The van der Waals surface area contributed by atoms with Crippen LogP contribution in [-0.4, -0.2) is 12.7 Å². The second-order valence-corrected chi connectivity index (χ2v) is 3.82. The van der Waals surface area contributed by atoms with E-state index in [4.69, 9.17) is 9.47 Å². The molecule has 0 bridgehead atoms. The van der Waals surface area contributed by atoms with E-state index in [1.807, 2.05) is 30.3 Å². The predicted molar refractivity (Wildman–Crippen MR) is 59.4 cm³/mol. The van der Waals surface area contributed by atoms with Crippen molar-refractivity contribution in [1.82, 2.24) is 0 Å². The fraction of sp³-hybridized carbons (Fsp3) is 0.385. The number of benzene rings is 1. The van der Waals surface area contributed by atoms with E-state index >= 15 is 0 Å². The molecule has 2 rings (SSSR count). The van der Waals surface area contributed by atoms with Gasteiger partial charge in [-0.1, -0.05) is 30.3 Å². The van der Waals surface area contributed by atoms with Crippen molar-refractivity contribution in [2.24, 2.45) is 0 Å². The van der Waals surface area contributed by atoms with Crippen LogP contribution < -0.4 is 0 Å². The first kappa shape index (κ1) is 11.1. The summed E-state index contributed by atoms with van der Waals surface area (Å²) in [6.45, 7) is 2.43. The van der Waals surface area contributed by atoms with Crippen LogP contribution in [0.3, 0.4) is 0 Å². The van der Waals surface area contributed by atoms with Crippen molar-refractivity contribution in [2.45, 2.75) is 26.1 Å². The standard InChI is InChI=1S/C13H15FO2/c1-10(14)13-12(7-8-15-13)16-9-11-5-3-2-4-6-11/h2-6,12H,7-9H2,1H3/b13-10-/t12-/m1/s1. The van der Waals surface area contributed by atoms with Crippen molar-refractivity contribution in [1.29, 1.82) is 0 Å². The molecule has 0 amide bonds. The van der Waals surface area contributed by atoms with Gasteiger partial charge in [0.15, 0.2) is 5.76 Å². The van der Waals surface area contributed by atoms with E-state index in [-0.39, 0.29) is 11.9 Å². The van der Waals surface area contributed by atoms with Crippen molar-refractivity contribution in [3.05, 3.63) is 47.5 Å². The van der Waals surface area contributed by atoms with Crippen LogP contribution in [0.4, 0.5) is 4.39 Å². The highest BCUT2D eigenvalue weighted by atomic mass is 19.1. The molecule has 0 radical (unpaired) electrons. The molecule has 1 atom stereocenters. The summed E-state index contributed by atoms with van der Waals surface area (Å²) in [7, 11) is 0. The topological polar surface area (TPSA) is 18.5 Å². The first-order valence-corrected chi connectivity index (χ1v) is 5.42. The lowest BCUT2D eigenvalue weighted by molar-refractivity contribution is 0.0588. The smallest absolute Gasteiger partial charge is 0.156 e. The third-order valence-corrected chi connectivity index (χ3v) is 2.56. The maximum absolute atomic E-state index is 13.1. The molecule has 1 aliphatic rings. The Morgan fingerprint density at radius 3 is 2.88 bits per heavy atom. The summed E-state index contributed by atoms with van der Waals surface area (Å²) in [6, 6.07) is 9.85. The van der Waals surface area contributed by atoms with Crippen LogP contribution in [0.1, 0.15) is 18.9 Å². The van der Waals surface area contributed by atoms with Gasteiger partial charge in [-0.3, -0.25) is 0 Å². The molecule has 1 aromatic rings. The first-order chi connectivity index (χ1) is 7.77. The summed E-state index contributed by atoms with van der Waals surface area (Å²) < 4.78 is 23.9. The predicted octanol–water partition coefficient (Wildman–Crippen LogP) is 3.19. The highest BCUT2D eigenvalue weighted by molar-refractivity contribution is 5.14. The SMILES string of the molecule is C/C(F)=C1/OCC[C@H]1OCc1ccccc1. The third-order valence-electron chi connectivity index (χ3n) is 2.56. The molecule has 1 aliphatic heterocycles. The van der Waals surface area contributed by atoms with Crippen LogP contribution >= 0.6 is 0 Å². The zero-order valence-electron chi connectivity index (χ0n) is 9.28. The second-order valence-electron chi connectivity index (χ2n) is 3.82. The van der Waals surface area contributed by atoms with Gasteiger partial charge in [-0.25, -0.2) is 4.39 Å². The van der Waals surface area contributed by atoms with Gasteiger partial charge in [-0.15, -0.1) is 0 Å². The summed E-state index contributed by atoms with van der Waals surface area (Å²) in [6.07, 6.45) is 0.494. The lowest BCUT2D eigenvalue weighted by Gasteiger charge is -2.11. The minimum atomic E-state index is -0.282. The monoisotopic (exact) mass is 222 g/mol. The van der Waals surface area contributed by atoms with Gasteiger partial charge in [-0.05, 0) is 12.5 Å². The van der Waals surface area contributed by atoms with E-state index < -0.39 is 0 Å². The van der Waals surface area contributed by atoms with Gasteiger partial charge in [-0.2, -0.15) is 0 Å². The Labute approximate surface area is 94.7 Å². The van der Waals surface area contributed by atoms with Crippen molar-refractivity contribution >= 4 is 0 Å². The maximum atomic E-state index is 13.1. The van der Waals surface area contributed by atoms with Crippen molar-refractivity contribution in [3.63, 3.8) is 0 Å². The average molecular weight is 222 g/mol. The molecule has 0 spiro atoms. The van der Waals surface area contributed by atoms with Gasteiger partial charge in [0.25, 0.3) is 0 Å². The van der Waals surface area contributed by atoms with Gasteiger partial charge in [0.05, 0.1) is 13.2 Å². The highest BCUT2D eigenvalue weighted by Crippen LogP contribution is 2.25. The molecule has 1 fully saturated rings. The summed E-state index contributed by atoms with van der Waals surface area (Å²) in [5.41, 5.74) is 1.09. The fourth-order valence-corrected chi connectivity index (χ4v) is 1.75. The molecule has 0 aromatic heterocycles. The maximum Gasteiger partial charge on any atom is 0.156 e. The van der Waals surface area contributed by atoms with E-state index in [9.17, 15) is 4.39 Å². The molecule has 16 heavy (non-hydrogen) atoms. The van der Waals surface area contributed by atoms with E-state index in [2.05, 4.69) is 0 Å². The molecule has 1 heterocycles. The number of hydrogen-bond acceptors (Lipinski definition) is 2. The van der Waals surface area contributed by atoms with Crippen LogP contribution in [-0.2, 0) is 16.1 Å². The van der Waals surface area contributed by atoms with E-state index in [1.165, 1.54) is 6.92 Å². The van der Waals surface area contributed by atoms with Crippen molar-refractivity contribution in [2.75, 3.05) is 6.61 Å². The molecule has 1 aromatic carbocycles. The van der Waals surface area contributed by atoms with Crippen LogP contribution in [0.15, 0.2) is 41.9 Å². The number of halogens is 1. The van der Waals surface area contributed by atoms with E-state index in [0.29, 0.717) is 19.0 Å². The first-order valence-electron chi connectivity index (χ1n) is 5.42. The van der Waals surface area contributed by atoms with Gasteiger partial charge in [0.2, 0.25) is 0 Å². The minimum Gasteiger partial charge on any atom is -0.492 e. The summed E-state index contributed by atoms with van der Waals surface area (Å²) in [5.74, 6) is 0.0755. The lowest BCUT2D eigenvalue weighted by Crippen LogP contribution is -2.11. The minimum absolute atomic E-state index is 0.231. The number of hydrogen-bond donors (Lipinski definition) is 0. The summed E-state index contributed by atoms with van der Waals surface area (Å²) in [4.78, 5) is 0. The molecule has 0 aliphatic carbocycles. The summed E-state index contributed by atoms with van der Waals surface area (Å²) >= 11 is 0. The number of ether oxygens (including phenoxy) is 2. The number of rotatable bonds is 3. The molecule has 0 N–H and O–H groups in total. The van der Waals surface area contributed by atoms with Gasteiger partial charge >= 0.3 is 0 Å². The van der Waals surface area contributed by atoms with Crippen LogP contribution in [0, 0.1) is 0 Å². The highest BCUT2D eigenvalue weighted by Gasteiger charge is 2.25. The zero-order chi connectivity index (χ0) is 11.4. The third kappa shape index (κ3) is 2.61. The largest absolute Gasteiger partial charge is 0.492 e. The average Bonchev–Trinajstić information content (AvgIpc) is 2.76. The molecule has 0 saturated carbocycles. The van der Waals surface area contributed by atoms with Gasteiger partial charge in [0.1, 0.15) is 11.9 Å². The Hall–Kier alpha value is -1.35. The molecular weight excluding hydrogens is 207 g/mol. The molecule has 2 nitrogen and oxygen atoms in total. The van der Waals surface area contributed by atoms with Crippen LogP contribution in [0.25, 0.3) is 0 Å². The van der Waals surface area contributed by atoms with Crippen molar-refractivity contribution < 1.29 is 13.9 Å². The quantitative estimate of drug-likeness (QED) is 0.782. The van der Waals surface area contributed by atoms with Gasteiger partial charge < -0.3 is 9.47 Å². The zero-order valence-corrected chi connectivity index (χ0v) is 9.28. The second kappa shape index (κ2) is 5.12. The van der Waals surface area contributed by atoms with E-state index in [1.54, 1.807) is 0 Å². The Morgan fingerprint density at radius 1 is 1.44 bits per heavy atom. The molecule has 3 heteroatoms. The van der Waals surface area contributed by atoms with Gasteiger partial charge in [0, 0.05) is 6.42 Å². The fourth-order valence-electron chi connectivity index (χ4n) is 1.75. The molecular formula is C13H15FO2. The van der Waals surface area contributed by atoms with Crippen LogP contribution in [0.5, 0.6) is 0 Å². The molecule has 86 valence electrons. The Balaban J connectivity index is 1.94. The van der Waals surface area contributed by atoms with E-state index in [0.717, 1.165) is 12.0 Å². The lowest BCUT2D eigenvalue weighted by atomic mass is 10.2. The Kier molecular flexibility index (Phi) is 3.57. The normalized spacial score (nSPS) is 23.0. The van der Waals surface area contributed by atoms with Crippen molar-refractivity contribution in [3.8, 4) is 0 Å².